The molecule has 0 spiro atoms. The third-order valence-corrected chi connectivity index (χ3v) is 7.99. The van der Waals surface area contributed by atoms with Gasteiger partial charge in [-0.2, -0.15) is 0 Å². The van der Waals surface area contributed by atoms with Crippen LogP contribution in [0.5, 0.6) is 0 Å². The van der Waals surface area contributed by atoms with Gasteiger partial charge in [0.25, 0.3) is 0 Å². The fourth-order valence-electron chi connectivity index (χ4n) is 6.24. The maximum Gasteiger partial charge on any atom is 3.00 e. The van der Waals surface area contributed by atoms with Gasteiger partial charge in [-0.3, -0.25) is 0 Å². The van der Waals surface area contributed by atoms with E-state index in [4.69, 9.17) is 0 Å². The topological polar surface area (TPSA) is 0 Å². The van der Waals surface area contributed by atoms with Gasteiger partial charge in [-0.15, -0.1) is 33.4 Å². The third-order valence-electron chi connectivity index (χ3n) is 7.99. The molecule has 3 aliphatic carbocycles. The molecule has 191 valence electrons. The van der Waals surface area contributed by atoms with Gasteiger partial charge in [-0.25, -0.2) is 0 Å². The van der Waals surface area contributed by atoms with Gasteiger partial charge in [-0.05, 0) is 59.6 Å². The summed E-state index contributed by atoms with van der Waals surface area (Å²) in [4.78, 5) is 0. The van der Waals surface area contributed by atoms with Crippen LogP contribution in [0.3, 0.4) is 0 Å². The van der Waals surface area contributed by atoms with Gasteiger partial charge in [0.05, 0.1) is 0 Å². The Bertz CT molecular complexity index is 1760. The molecule has 0 aliphatic heterocycles. The number of rotatable bonds is 3. The molecule has 1 saturated carbocycles. The summed E-state index contributed by atoms with van der Waals surface area (Å²) >= 11 is 0. The van der Waals surface area contributed by atoms with E-state index in [0.29, 0.717) is 0 Å². The zero-order chi connectivity index (χ0) is 23.9. The number of fused-ring (bicyclic) bond motifs is 2. The molecule has 0 unspecified atom stereocenters. The first kappa shape index (κ1) is 29.5. The maximum absolute atomic E-state index is 3.88. The van der Waals surface area contributed by atoms with Gasteiger partial charge in [0.2, 0.25) is 0 Å². The summed E-state index contributed by atoms with van der Waals surface area (Å²) in [6.07, 6.45) is 18.1. The van der Waals surface area contributed by atoms with Gasteiger partial charge in [0.1, 0.15) is 0 Å². The summed E-state index contributed by atoms with van der Waals surface area (Å²) in [5.74, 6) is 0. The van der Waals surface area contributed by atoms with Gasteiger partial charge >= 0.3 is 26.2 Å². The van der Waals surface area contributed by atoms with Crippen LogP contribution in [0.1, 0.15) is 49.7 Å². The molecule has 1 radical (unpaired) electrons. The Labute approximate surface area is 262 Å². The van der Waals surface area contributed by atoms with Crippen LogP contribution in [0.4, 0.5) is 0 Å². The molecule has 0 N–H and O–H groups in total. The first-order chi connectivity index (χ1) is 17.9. The Balaban J connectivity index is 0.00000118. The Hall–Kier alpha value is -2.44. The second-order valence-electron chi connectivity index (χ2n) is 10.2. The van der Waals surface area contributed by atoms with E-state index in [2.05, 4.69) is 109 Å². The Morgan fingerprint density at radius 3 is 2.00 bits per heavy atom. The van der Waals surface area contributed by atoms with Crippen molar-refractivity contribution >= 4 is 17.2 Å². The summed E-state index contributed by atoms with van der Waals surface area (Å²) in [7, 11) is 0. The molecule has 0 aromatic heterocycles. The normalized spacial score (nSPS) is 14.7. The summed E-state index contributed by atoms with van der Waals surface area (Å²) < 4.78 is 0. The Kier molecular flexibility index (Phi) is 9.71. The van der Waals surface area contributed by atoms with E-state index >= 15 is 0 Å². The zero-order valence-corrected chi connectivity index (χ0v) is 25.8. The van der Waals surface area contributed by atoms with Crippen LogP contribution in [-0.4, -0.2) is 0 Å². The number of hydrogen-bond acceptors (Lipinski definition) is 0. The molecular weight excluding hydrogens is 595 g/mol. The fraction of sp³-hybridized carbons (Fsp3) is 0.167. The van der Waals surface area contributed by atoms with Crippen LogP contribution in [0.15, 0.2) is 103 Å². The SMILES string of the molecule is [C-]1=c2ccc(-c3ccccc3)cc2=c2cc(-c3ccccc3)c(=C3CCCCC3)c(C3=CC=CC3)c21.[Cl-].[Cl-].[Zr+3]. The van der Waals surface area contributed by atoms with Crippen molar-refractivity contribution in [1.82, 2.24) is 0 Å². The molecule has 3 aliphatic rings. The number of benzene rings is 4. The van der Waals surface area contributed by atoms with Gasteiger partial charge in [0, 0.05) is 0 Å². The molecule has 7 rings (SSSR count). The van der Waals surface area contributed by atoms with E-state index < -0.39 is 0 Å². The van der Waals surface area contributed by atoms with Gasteiger partial charge in [-0.1, -0.05) is 120 Å². The van der Waals surface area contributed by atoms with Crippen LogP contribution < -0.4 is 35.3 Å². The van der Waals surface area contributed by atoms with Crippen molar-refractivity contribution in [2.24, 2.45) is 0 Å². The van der Waals surface area contributed by atoms with Crippen LogP contribution in [0.2, 0.25) is 0 Å². The smallest absolute Gasteiger partial charge is 1.00 e. The molecule has 0 amide bonds. The third kappa shape index (κ3) is 5.47. The second-order valence-corrected chi connectivity index (χ2v) is 10.2. The fourth-order valence-corrected chi connectivity index (χ4v) is 6.24. The Morgan fingerprint density at radius 1 is 0.641 bits per heavy atom. The molecule has 0 saturated heterocycles. The number of hydrogen-bond donors (Lipinski definition) is 0. The van der Waals surface area contributed by atoms with Gasteiger partial charge < -0.3 is 24.8 Å². The van der Waals surface area contributed by atoms with E-state index in [1.807, 2.05) is 0 Å². The monoisotopic (exact) mass is 621 g/mol. The van der Waals surface area contributed by atoms with Crippen LogP contribution in [-0.2, 0) is 26.2 Å². The van der Waals surface area contributed by atoms with E-state index in [0.717, 1.165) is 6.42 Å². The van der Waals surface area contributed by atoms with Crippen molar-refractivity contribution < 1.29 is 51.0 Å². The van der Waals surface area contributed by atoms with E-state index in [9.17, 15) is 0 Å². The molecule has 0 heterocycles. The summed E-state index contributed by atoms with van der Waals surface area (Å²) in [6, 6.07) is 31.1. The van der Waals surface area contributed by atoms with Crippen molar-refractivity contribution in [3.8, 4) is 22.3 Å². The standard InChI is InChI=1S/C36H29.2ClH.Zr/c1-4-12-25(13-5-1)29-20-21-30-23-34-33(31(30)22-29)24-32(26-14-6-2-7-15-26)35(27-16-8-3-9-17-27)36(34)28-18-10-11-19-28;;;/h1-2,4-7,10-15,18,20-22,24H,3,8-9,16-17,19H2;2*1H;/q-1;;;+3/p-2. The molecule has 0 nitrogen and oxygen atoms in total. The molecule has 3 heteroatoms. The van der Waals surface area contributed by atoms with Crippen molar-refractivity contribution in [3.63, 3.8) is 0 Å². The summed E-state index contributed by atoms with van der Waals surface area (Å²) in [5.41, 5.74) is 11.0. The van der Waals surface area contributed by atoms with Crippen LogP contribution in [0.25, 0.3) is 39.5 Å². The van der Waals surface area contributed by atoms with E-state index in [1.165, 1.54) is 91.9 Å². The quantitative estimate of drug-likeness (QED) is 0.269. The van der Waals surface area contributed by atoms with Gasteiger partial charge in [0.15, 0.2) is 0 Å². The predicted octanol–water partition coefficient (Wildman–Crippen LogP) is 1.79. The minimum absolute atomic E-state index is 0. The average Bonchev–Trinajstić information content (AvgIpc) is 3.61. The van der Waals surface area contributed by atoms with Crippen molar-refractivity contribution in [2.45, 2.75) is 38.5 Å². The minimum Gasteiger partial charge on any atom is -1.00 e. The summed E-state index contributed by atoms with van der Waals surface area (Å²) in [5, 5.41) is 5.32. The Morgan fingerprint density at radius 2 is 1.33 bits per heavy atom. The molecule has 39 heavy (non-hydrogen) atoms. The first-order valence-corrected chi connectivity index (χ1v) is 13.3. The molecular formula is C36H29Cl2Zr. The number of allylic oxidation sites excluding steroid dienone is 4. The minimum atomic E-state index is 0. The van der Waals surface area contributed by atoms with Crippen molar-refractivity contribution in [2.75, 3.05) is 0 Å². The molecule has 0 atom stereocenters. The maximum atomic E-state index is 3.88. The van der Waals surface area contributed by atoms with E-state index in [1.54, 1.807) is 5.57 Å². The van der Waals surface area contributed by atoms with Crippen LogP contribution in [0, 0.1) is 10.4 Å². The van der Waals surface area contributed by atoms with Crippen LogP contribution >= 0.6 is 0 Å². The number of halogens is 2. The average molecular weight is 624 g/mol. The van der Waals surface area contributed by atoms with Crippen molar-refractivity contribution in [3.05, 3.63) is 135 Å². The largest absolute Gasteiger partial charge is 3.00 e. The zero-order valence-electron chi connectivity index (χ0n) is 21.8. The summed E-state index contributed by atoms with van der Waals surface area (Å²) in [6.45, 7) is 0. The molecule has 4 aromatic carbocycles. The second kappa shape index (κ2) is 12.8. The van der Waals surface area contributed by atoms with Crippen molar-refractivity contribution in [1.29, 1.82) is 0 Å². The first-order valence-electron chi connectivity index (χ1n) is 13.3. The molecule has 4 aromatic rings. The van der Waals surface area contributed by atoms with E-state index in [-0.39, 0.29) is 51.0 Å². The molecule has 1 fully saturated rings. The molecule has 0 bridgehead atoms. The predicted molar refractivity (Wildman–Crippen MR) is 151 cm³/mol.